The van der Waals surface area contributed by atoms with E-state index >= 15 is 0 Å². The van der Waals surface area contributed by atoms with Crippen molar-refractivity contribution in [2.75, 3.05) is 39.3 Å². The minimum absolute atomic E-state index is 0. The van der Waals surface area contributed by atoms with Crippen LogP contribution in [0, 0.1) is 12.8 Å². The molecule has 1 aromatic carbocycles. The number of aliphatic imine (C=N–C) groups is 1. The molecule has 0 saturated carbocycles. The van der Waals surface area contributed by atoms with Crippen LogP contribution in [0.5, 0.6) is 0 Å². The number of nitrogens with one attached hydrogen (secondary N) is 2. The summed E-state index contributed by atoms with van der Waals surface area (Å²) in [6.45, 7) is 12.2. The lowest BCUT2D eigenvalue weighted by molar-refractivity contribution is -0.123. The first kappa shape index (κ1) is 23.7. The van der Waals surface area contributed by atoms with Crippen LogP contribution in [-0.2, 0) is 9.53 Å². The number of guanidine groups is 1. The molecule has 0 spiro atoms. The highest BCUT2D eigenvalue weighted by atomic mass is 127. The predicted molar refractivity (Wildman–Crippen MR) is 121 cm³/mol. The summed E-state index contributed by atoms with van der Waals surface area (Å²) >= 11 is 0. The van der Waals surface area contributed by atoms with Crippen molar-refractivity contribution in [2.24, 2.45) is 10.9 Å². The average molecular weight is 488 g/mol. The van der Waals surface area contributed by atoms with E-state index in [-0.39, 0.29) is 41.9 Å². The van der Waals surface area contributed by atoms with Gasteiger partial charge in [-0.3, -0.25) is 9.79 Å². The number of morpholine rings is 1. The van der Waals surface area contributed by atoms with E-state index in [1.165, 1.54) is 11.1 Å². The fourth-order valence-corrected chi connectivity index (χ4v) is 2.95. The molecule has 1 saturated heterocycles. The highest BCUT2D eigenvalue weighted by molar-refractivity contribution is 14.0. The number of carbonyl (C=O) groups excluding carboxylic acids is 1. The van der Waals surface area contributed by atoms with Gasteiger partial charge in [0, 0.05) is 25.6 Å². The Morgan fingerprint density at radius 1 is 1.33 bits per heavy atom. The first-order chi connectivity index (χ1) is 12.5. The Kier molecular flexibility index (Phi) is 10.7. The van der Waals surface area contributed by atoms with E-state index in [0.717, 1.165) is 25.6 Å². The van der Waals surface area contributed by atoms with Crippen molar-refractivity contribution in [3.05, 3.63) is 35.4 Å². The SMILES string of the molecule is CCNC(=NCCNC(=O)C(C)C)N1CCOC(c2ccccc2C)C1.I. The van der Waals surface area contributed by atoms with Gasteiger partial charge in [0.2, 0.25) is 5.91 Å². The van der Waals surface area contributed by atoms with Crippen molar-refractivity contribution in [3.63, 3.8) is 0 Å². The van der Waals surface area contributed by atoms with Crippen LogP contribution in [0.3, 0.4) is 0 Å². The minimum Gasteiger partial charge on any atom is -0.370 e. The lowest BCUT2D eigenvalue weighted by atomic mass is 10.0. The fourth-order valence-electron chi connectivity index (χ4n) is 2.95. The molecular weight excluding hydrogens is 455 g/mol. The maximum absolute atomic E-state index is 11.6. The second-order valence-corrected chi connectivity index (χ2v) is 6.84. The van der Waals surface area contributed by atoms with Gasteiger partial charge in [-0.05, 0) is 25.0 Å². The third-order valence-electron chi connectivity index (χ3n) is 4.43. The average Bonchev–Trinajstić information content (AvgIpc) is 2.64. The molecule has 1 atom stereocenters. The van der Waals surface area contributed by atoms with E-state index in [4.69, 9.17) is 4.74 Å². The van der Waals surface area contributed by atoms with E-state index in [1.807, 2.05) is 13.8 Å². The van der Waals surface area contributed by atoms with Gasteiger partial charge in [-0.2, -0.15) is 0 Å². The monoisotopic (exact) mass is 488 g/mol. The molecule has 0 aliphatic carbocycles. The zero-order valence-electron chi connectivity index (χ0n) is 16.8. The minimum atomic E-state index is 0. The highest BCUT2D eigenvalue weighted by Gasteiger charge is 2.25. The molecule has 2 N–H and O–H groups in total. The van der Waals surface area contributed by atoms with Gasteiger partial charge in [-0.1, -0.05) is 38.1 Å². The van der Waals surface area contributed by atoms with Gasteiger partial charge in [0.1, 0.15) is 6.10 Å². The molecule has 2 rings (SSSR count). The van der Waals surface area contributed by atoms with Crippen molar-refractivity contribution >= 4 is 35.8 Å². The van der Waals surface area contributed by atoms with Gasteiger partial charge in [-0.15, -0.1) is 24.0 Å². The van der Waals surface area contributed by atoms with E-state index in [0.29, 0.717) is 19.7 Å². The Morgan fingerprint density at radius 3 is 2.74 bits per heavy atom. The second-order valence-electron chi connectivity index (χ2n) is 6.84. The third-order valence-corrected chi connectivity index (χ3v) is 4.43. The molecule has 1 fully saturated rings. The van der Waals surface area contributed by atoms with Gasteiger partial charge in [0.15, 0.2) is 5.96 Å². The van der Waals surface area contributed by atoms with Crippen molar-refractivity contribution < 1.29 is 9.53 Å². The maximum atomic E-state index is 11.6. The number of ether oxygens (including phenoxy) is 1. The van der Waals surface area contributed by atoms with Gasteiger partial charge < -0.3 is 20.3 Å². The lowest BCUT2D eigenvalue weighted by Gasteiger charge is -2.35. The smallest absolute Gasteiger partial charge is 0.222 e. The molecular formula is C20H33IN4O2. The number of benzene rings is 1. The van der Waals surface area contributed by atoms with Crippen molar-refractivity contribution in [1.29, 1.82) is 0 Å². The fraction of sp³-hybridized carbons (Fsp3) is 0.600. The van der Waals surface area contributed by atoms with Gasteiger partial charge in [-0.25, -0.2) is 0 Å². The predicted octanol–water partition coefficient (Wildman–Crippen LogP) is 2.72. The summed E-state index contributed by atoms with van der Waals surface area (Å²) in [7, 11) is 0. The quantitative estimate of drug-likeness (QED) is 0.280. The van der Waals surface area contributed by atoms with Gasteiger partial charge in [0.25, 0.3) is 0 Å². The molecule has 6 nitrogen and oxygen atoms in total. The summed E-state index contributed by atoms with van der Waals surface area (Å²) in [5.41, 5.74) is 2.48. The summed E-state index contributed by atoms with van der Waals surface area (Å²) < 4.78 is 6.01. The molecule has 1 unspecified atom stereocenters. The number of amides is 1. The number of hydrogen-bond acceptors (Lipinski definition) is 3. The number of nitrogens with zero attached hydrogens (tertiary/aromatic N) is 2. The third kappa shape index (κ3) is 7.29. The number of rotatable bonds is 6. The zero-order valence-corrected chi connectivity index (χ0v) is 19.2. The summed E-state index contributed by atoms with van der Waals surface area (Å²) in [5, 5.41) is 6.27. The molecule has 0 radical (unpaired) electrons. The topological polar surface area (TPSA) is 66.0 Å². The van der Waals surface area contributed by atoms with E-state index in [9.17, 15) is 4.79 Å². The van der Waals surface area contributed by atoms with Crippen molar-refractivity contribution in [2.45, 2.75) is 33.8 Å². The lowest BCUT2D eigenvalue weighted by Crippen LogP contribution is -2.48. The Balaban J connectivity index is 0.00000364. The Bertz CT molecular complexity index is 622. The summed E-state index contributed by atoms with van der Waals surface area (Å²) in [4.78, 5) is 18.6. The first-order valence-corrected chi connectivity index (χ1v) is 9.51. The van der Waals surface area contributed by atoms with Crippen LogP contribution in [0.15, 0.2) is 29.3 Å². The van der Waals surface area contributed by atoms with E-state index < -0.39 is 0 Å². The summed E-state index contributed by atoms with van der Waals surface area (Å²) in [6.07, 6.45) is 0.0504. The van der Waals surface area contributed by atoms with Crippen LogP contribution in [0.2, 0.25) is 0 Å². The number of hydrogen-bond donors (Lipinski definition) is 2. The van der Waals surface area contributed by atoms with Crippen LogP contribution in [0.25, 0.3) is 0 Å². The summed E-state index contributed by atoms with van der Waals surface area (Å²) in [6, 6.07) is 8.36. The molecule has 1 heterocycles. The molecule has 152 valence electrons. The normalized spacial score (nSPS) is 17.4. The molecule has 1 amide bonds. The second kappa shape index (κ2) is 12.2. The Hall–Kier alpha value is -1.35. The van der Waals surface area contributed by atoms with E-state index in [1.54, 1.807) is 0 Å². The largest absolute Gasteiger partial charge is 0.370 e. The van der Waals surface area contributed by atoms with E-state index in [2.05, 4.69) is 58.6 Å². The van der Waals surface area contributed by atoms with Gasteiger partial charge in [0.05, 0.1) is 19.7 Å². The molecule has 0 aromatic heterocycles. The van der Waals surface area contributed by atoms with Crippen LogP contribution >= 0.6 is 24.0 Å². The van der Waals surface area contributed by atoms with Gasteiger partial charge >= 0.3 is 0 Å². The van der Waals surface area contributed by atoms with Crippen LogP contribution < -0.4 is 10.6 Å². The van der Waals surface area contributed by atoms with Crippen LogP contribution in [-0.4, -0.2) is 56.1 Å². The number of halogens is 1. The first-order valence-electron chi connectivity index (χ1n) is 9.51. The summed E-state index contributed by atoms with van der Waals surface area (Å²) in [5.74, 6) is 0.950. The molecule has 1 aliphatic heterocycles. The van der Waals surface area contributed by atoms with Crippen LogP contribution in [0.1, 0.15) is 38.0 Å². The Labute approximate surface area is 180 Å². The molecule has 27 heavy (non-hydrogen) atoms. The number of aryl methyl sites for hydroxylation is 1. The van der Waals surface area contributed by atoms with Crippen molar-refractivity contribution in [3.8, 4) is 0 Å². The maximum Gasteiger partial charge on any atom is 0.222 e. The number of carbonyl (C=O) groups is 1. The van der Waals surface area contributed by atoms with Crippen molar-refractivity contribution in [1.82, 2.24) is 15.5 Å². The Morgan fingerprint density at radius 2 is 2.07 bits per heavy atom. The molecule has 7 heteroatoms. The molecule has 1 aromatic rings. The molecule has 0 bridgehead atoms. The van der Waals surface area contributed by atoms with Crippen LogP contribution in [0.4, 0.5) is 0 Å². The molecule has 1 aliphatic rings. The highest BCUT2D eigenvalue weighted by Crippen LogP contribution is 2.24. The zero-order chi connectivity index (χ0) is 18.9. The standard InChI is InChI=1S/C20H32N4O2.HI/c1-5-21-20(23-11-10-22-19(25)15(2)3)24-12-13-26-18(14-24)17-9-7-6-8-16(17)4;/h6-9,15,18H,5,10-14H2,1-4H3,(H,21,23)(H,22,25);1H.